The average molecular weight is 467 g/mol. The Balaban J connectivity index is 2.37. The smallest absolute Gasteiger partial charge is 0.305 e. The molecule has 1 aromatic rings. The molecule has 0 unspecified atom stereocenters. The third kappa shape index (κ3) is 8.98. The van der Waals surface area contributed by atoms with Crippen molar-refractivity contribution >= 4 is 38.6 Å². The predicted octanol–water partition coefficient (Wildman–Crippen LogP) is 3.57. The SMILES string of the molecule is CCOC(=O)CCCCCCN(Cc1ccc(I)cc1)S(C)(=O)=O. The van der Waals surface area contributed by atoms with Crippen LogP contribution in [-0.4, -0.2) is 38.1 Å². The fraction of sp³-hybridized carbons (Fsp3) is 0.588. The number of carbonyl (C=O) groups excluding carboxylic acids is 1. The summed E-state index contributed by atoms with van der Waals surface area (Å²) in [6.45, 7) is 3.12. The Bertz CT molecular complexity index is 602. The van der Waals surface area contributed by atoms with Gasteiger partial charge in [0.25, 0.3) is 0 Å². The summed E-state index contributed by atoms with van der Waals surface area (Å²) in [5, 5.41) is 0. The van der Waals surface area contributed by atoms with Gasteiger partial charge in [-0.2, -0.15) is 4.31 Å². The van der Waals surface area contributed by atoms with Gasteiger partial charge in [0, 0.05) is 23.1 Å². The number of hydrogen-bond acceptors (Lipinski definition) is 4. The highest BCUT2D eigenvalue weighted by Gasteiger charge is 2.16. The Morgan fingerprint density at radius 1 is 1.12 bits per heavy atom. The van der Waals surface area contributed by atoms with E-state index in [2.05, 4.69) is 22.6 Å². The van der Waals surface area contributed by atoms with Crippen LogP contribution in [-0.2, 0) is 26.1 Å². The summed E-state index contributed by atoms with van der Waals surface area (Å²) in [6, 6.07) is 7.87. The fourth-order valence-corrected chi connectivity index (χ4v) is 3.50. The molecule has 5 nitrogen and oxygen atoms in total. The number of hydrogen-bond donors (Lipinski definition) is 0. The Morgan fingerprint density at radius 3 is 2.33 bits per heavy atom. The molecule has 136 valence electrons. The molecule has 0 aliphatic heterocycles. The molecule has 0 amide bonds. The number of nitrogens with zero attached hydrogens (tertiary/aromatic N) is 1. The lowest BCUT2D eigenvalue weighted by Crippen LogP contribution is -2.30. The molecule has 1 rings (SSSR count). The molecule has 0 bridgehead atoms. The molecule has 1 aromatic carbocycles. The molecule has 0 saturated heterocycles. The molecule has 7 heteroatoms. The van der Waals surface area contributed by atoms with Crippen molar-refractivity contribution in [3.8, 4) is 0 Å². The Labute approximate surface area is 159 Å². The van der Waals surface area contributed by atoms with Crippen molar-refractivity contribution in [2.45, 2.75) is 45.6 Å². The first-order valence-electron chi connectivity index (χ1n) is 8.18. The number of ether oxygens (including phenoxy) is 1. The highest BCUT2D eigenvalue weighted by Crippen LogP contribution is 2.13. The highest BCUT2D eigenvalue weighted by atomic mass is 127. The molecule has 0 aromatic heterocycles. The highest BCUT2D eigenvalue weighted by molar-refractivity contribution is 14.1. The molecule has 0 aliphatic rings. The molecule has 0 heterocycles. The van der Waals surface area contributed by atoms with Crippen molar-refractivity contribution in [1.82, 2.24) is 4.31 Å². The summed E-state index contributed by atoms with van der Waals surface area (Å²) in [5.74, 6) is -0.158. The number of rotatable bonds is 11. The zero-order valence-corrected chi connectivity index (χ0v) is 17.3. The van der Waals surface area contributed by atoms with Crippen molar-refractivity contribution in [2.75, 3.05) is 19.4 Å². The lowest BCUT2D eigenvalue weighted by Gasteiger charge is -2.20. The van der Waals surface area contributed by atoms with E-state index in [1.807, 2.05) is 24.3 Å². The van der Waals surface area contributed by atoms with Crippen molar-refractivity contribution in [1.29, 1.82) is 0 Å². The lowest BCUT2D eigenvalue weighted by atomic mass is 10.1. The van der Waals surface area contributed by atoms with Crippen molar-refractivity contribution in [2.24, 2.45) is 0 Å². The number of carbonyl (C=O) groups is 1. The van der Waals surface area contributed by atoms with Gasteiger partial charge in [-0.3, -0.25) is 4.79 Å². The second kappa shape index (κ2) is 11.0. The summed E-state index contributed by atoms with van der Waals surface area (Å²) >= 11 is 2.23. The molecule has 0 fully saturated rings. The van der Waals surface area contributed by atoms with E-state index in [0.717, 1.165) is 34.8 Å². The molecular weight excluding hydrogens is 441 g/mol. The zero-order valence-electron chi connectivity index (χ0n) is 14.3. The summed E-state index contributed by atoms with van der Waals surface area (Å²) in [5.41, 5.74) is 0.989. The van der Waals surface area contributed by atoms with E-state index in [-0.39, 0.29) is 5.97 Å². The Kier molecular flexibility index (Phi) is 9.84. The molecule has 0 saturated carbocycles. The zero-order chi connectivity index (χ0) is 18.0. The van der Waals surface area contributed by atoms with Gasteiger partial charge in [0.15, 0.2) is 0 Å². The van der Waals surface area contributed by atoms with Gasteiger partial charge in [0.2, 0.25) is 10.0 Å². The first kappa shape index (κ1) is 21.4. The van der Waals surface area contributed by atoms with Crippen LogP contribution in [0.5, 0.6) is 0 Å². The van der Waals surface area contributed by atoms with Gasteiger partial charge >= 0.3 is 5.97 Å². The normalized spacial score (nSPS) is 11.7. The van der Waals surface area contributed by atoms with Gasteiger partial charge in [-0.15, -0.1) is 0 Å². The van der Waals surface area contributed by atoms with Gasteiger partial charge in [-0.25, -0.2) is 8.42 Å². The molecule has 0 spiro atoms. The number of unbranched alkanes of at least 4 members (excludes halogenated alkanes) is 3. The number of esters is 1. The predicted molar refractivity (Wildman–Crippen MR) is 104 cm³/mol. The van der Waals surface area contributed by atoms with Crippen molar-refractivity contribution < 1.29 is 17.9 Å². The first-order chi connectivity index (χ1) is 11.3. The molecule has 0 radical (unpaired) electrons. The van der Waals surface area contributed by atoms with Crippen LogP contribution in [0.25, 0.3) is 0 Å². The molecule has 0 N–H and O–H groups in total. The van der Waals surface area contributed by atoms with Gasteiger partial charge < -0.3 is 4.74 Å². The standard InChI is InChI=1S/C17H26INO4S/c1-3-23-17(20)8-6-4-5-7-13-19(24(2,21)22)14-15-9-11-16(18)12-10-15/h9-12H,3-8,13-14H2,1-2H3. The summed E-state index contributed by atoms with van der Waals surface area (Å²) < 4.78 is 31.4. The van der Waals surface area contributed by atoms with E-state index >= 15 is 0 Å². The average Bonchev–Trinajstić information content (AvgIpc) is 2.50. The van der Waals surface area contributed by atoms with Crippen LogP contribution >= 0.6 is 22.6 Å². The monoisotopic (exact) mass is 467 g/mol. The minimum absolute atomic E-state index is 0.158. The Morgan fingerprint density at radius 2 is 1.75 bits per heavy atom. The maximum atomic E-state index is 11.9. The number of benzene rings is 1. The van der Waals surface area contributed by atoms with Crippen LogP contribution in [0.15, 0.2) is 24.3 Å². The van der Waals surface area contributed by atoms with E-state index in [1.165, 1.54) is 10.6 Å². The van der Waals surface area contributed by atoms with Gasteiger partial charge in [0.05, 0.1) is 12.9 Å². The van der Waals surface area contributed by atoms with Crippen LogP contribution in [0, 0.1) is 3.57 Å². The minimum Gasteiger partial charge on any atom is -0.466 e. The largest absolute Gasteiger partial charge is 0.466 e. The lowest BCUT2D eigenvalue weighted by molar-refractivity contribution is -0.143. The maximum absolute atomic E-state index is 11.9. The van der Waals surface area contributed by atoms with E-state index in [9.17, 15) is 13.2 Å². The quantitative estimate of drug-likeness (QED) is 0.284. The van der Waals surface area contributed by atoms with E-state index < -0.39 is 10.0 Å². The minimum atomic E-state index is -3.23. The molecule has 0 aliphatic carbocycles. The van der Waals surface area contributed by atoms with Crippen LogP contribution in [0.4, 0.5) is 0 Å². The molecule has 0 atom stereocenters. The Hall–Kier alpha value is -0.670. The van der Waals surface area contributed by atoms with Crippen molar-refractivity contribution in [3.63, 3.8) is 0 Å². The second-order valence-corrected chi connectivity index (χ2v) is 8.92. The number of sulfonamides is 1. The molecular formula is C17H26INO4S. The summed E-state index contributed by atoms with van der Waals surface area (Å²) in [6.07, 6.45) is 5.07. The van der Waals surface area contributed by atoms with Crippen LogP contribution in [0.2, 0.25) is 0 Å². The maximum Gasteiger partial charge on any atom is 0.305 e. The topological polar surface area (TPSA) is 63.7 Å². The van der Waals surface area contributed by atoms with Gasteiger partial charge in [-0.05, 0) is 60.1 Å². The second-order valence-electron chi connectivity index (χ2n) is 5.69. The van der Waals surface area contributed by atoms with Gasteiger partial charge in [-0.1, -0.05) is 25.0 Å². The first-order valence-corrected chi connectivity index (χ1v) is 11.1. The van der Waals surface area contributed by atoms with E-state index in [4.69, 9.17) is 4.74 Å². The van der Waals surface area contributed by atoms with Crippen LogP contribution < -0.4 is 0 Å². The van der Waals surface area contributed by atoms with Gasteiger partial charge in [0.1, 0.15) is 0 Å². The number of halogens is 1. The third-order valence-corrected chi connectivity index (χ3v) is 5.55. The van der Waals surface area contributed by atoms with E-state index in [1.54, 1.807) is 6.92 Å². The van der Waals surface area contributed by atoms with Crippen LogP contribution in [0.1, 0.15) is 44.6 Å². The van der Waals surface area contributed by atoms with Crippen molar-refractivity contribution in [3.05, 3.63) is 33.4 Å². The third-order valence-electron chi connectivity index (χ3n) is 3.58. The van der Waals surface area contributed by atoms with E-state index in [0.29, 0.717) is 26.1 Å². The molecule has 24 heavy (non-hydrogen) atoms. The van der Waals surface area contributed by atoms with Crippen LogP contribution in [0.3, 0.4) is 0 Å². The summed E-state index contributed by atoms with van der Waals surface area (Å²) in [7, 11) is -3.23. The fourth-order valence-electron chi connectivity index (χ4n) is 2.30. The summed E-state index contributed by atoms with van der Waals surface area (Å²) in [4.78, 5) is 11.2.